The Morgan fingerprint density at radius 1 is 1.10 bits per heavy atom. The number of fused-ring (bicyclic) bond motifs is 1. The zero-order valence-corrected chi connectivity index (χ0v) is 18.0. The fraction of sp³-hybridized carbons (Fsp3) is 0.375. The van der Waals surface area contributed by atoms with Crippen LogP contribution in [0.1, 0.15) is 43.0 Å². The third-order valence-electron chi connectivity index (χ3n) is 5.90. The van der Waals surface area contributed by atoms with Crippen LogP contribution < -0.4 is 5.01 Å². The summed E-state index contributed by atoms with van der Waals surface area (Å²) in [5, 5.41) is 3.63. The van der Waals surface area contributed by atoms with Crippen LogP contribution in [0.25, 0.3) is 0 Å². The van der Waals surface area contributed by atoms with Crippen LogP contribution in [0.3, 0.4) is 0 Å². The zero-order valence-electron chi connectivity index (χ0n) is 18.0. The van der Waals surface area contributed by atoms with Crippen molar-refractivity contribution in [3.05, 3.63) is 64.7 Å². The molecule has 0 saturated carbocycles. The van der Waals surface area contributed by atoms with Gasteiger partial charge in [-0.2, -0.15) is 0 Å². The Morgan fingerprint density at radius 2 is 1.76 bits per heavy atom. The molecular formula is C24H28N4O. The fourth-order valence-electron chi connectivity index (χ4n) is 4.07. The first-order valence-electron chi connectivity index (χ1n) is 10.1. The summed E-state index contributed by atoms with van der Waals surface area (Å²) in [7, 11) is 1.92. The molecule has 0 spiro atoms. The highest BCUT2D eigenvalue weighted by molar-refractivity contribution is 6.48. The summed E-state index contributed by atoms with van der Waals surface area (Å²) in [6.45, 7) is 10.5. The quantitative estimate of drug-likeness (QED) is 0.738. The molecule has 1 amide bonds. The number of benzene rings is 2. The number of para-hydroxylation sites is 1. The SMILES string of the molecule is Cc1cc2c(cc1C)C(N=C1C(=O)N(c3ccccc3)N(C)C1C)=NC(C)(C)C2. The van der Waals surface area contributed by atoms with Gasteiger partial charge in [-0.15, -0.1) is 0 Å². The van der Waals surface area contributed by atoms with Crippen molar-refractivity contribution in [3.8, 4) is 0 Å². The first kappa shape index (κ1) is 19.5. The maximum Gasteiger partial charge on any atom is 0.289 e. The number of nitrogens with zero attached hydrogens (tertiary/aromatic N) is 4. The number of hydrazine groups is 1. The lowest BCUT2D eigenvalue weighted by atomic mass is 9.86. The van der Waals surface area contributed by atoms with E-state index in [1.165, 1.54) is 16.7 Å². The Morgan fingerprint density at radius 3 is 2.45 bits per heavy atom. The summed E-state index contributed by atoms with van der Waals surface area (Å²) in [5.74, 6) is 0.570. The van der Waals surface area contributed by atoms with E-state index in [9.17, 15) is 4.79 Å². The second-order valence-electron chi connectivity index (χ2n) is 8.72. The normalized spacial score (nSPS) is 22.8. The Kier molecular flexibility index (Phi) is 4.66. The molecular weight excluding hydrogens is 360 g/mol. The monoisotopic (exact) mass is 388 g/mol. The van der Waals surface area contributed by atoms with E-state index in [2.05, 4.69) is 39.8 Å². The third kappa shape index (κ3) is 3.40. The van der Waals surface area contributed by atoms with Crippen LogP contribution in [0.2, 0.25) is 0 Å². The summed E-state index contributed by atoms with van der Waals surface area (Å²) < 4.78 is 0. The van der Waals surface area contributed by atoms with Gasteiger partial charge in [0.15, 0.2) is 5.84 Å². The molecule has 5 heteroatoms. The van der Waals surface area contributed by atoms with Crippen LogP contribution in [0.4, 0.5) is 5.69 Å². The van der Waals surface area contributed by atoms with Crippen molar-refractivity contribution in [2.75, 3.05) is 12.1 Å². The molecule has 2 aromatic carbocycles. The van der Waals surface area contributed by atoms with Gasteiger partial charge in [-0.1, -0.05) is 24.3 Å². The van der Waals surface area contributed by atoms with Crippen molar-refractivity contribution in [2.24, 2.45) is 9.98 Å². The summed E-state index contributed by atoms with van der Waals surface area (Å²) in [4.78, 5) is 23.1. The van der Waals surface area contributed by atoms with Crippen molar-refractivity contribution in [1.29, 1.82) is 0 Å². The molecule has 2 aliphatic rings. The number of aliphatic imine (C=N–C) groups is 2. The van der Waals surface area contributed by atoms with Gasteiger partial charge in [-0.3, -0.25) is 9.79 Å². The zero-order chi connectivity index (χ0) is 20.9. The van der Waals surface area contributed by atoms with Gasteiger partial charge in [0, 0.05) is 12.6 Å². The predicted molar refractivity (Wildman–Crippen MR) is 119 cm³/mol. The highest BCUT2D eigenvalue weighted by Crippen LogP contribution is 2.31. The van der Waals surface area contributed by atoms with E-state index in [-0.39, 0.29) is 17.5 Å². The Bertz CT molecular complexity index is 1040. The highest BCUT2D eigenvalue weighted by atomic mass is 16.2. The lowest BCUT2D eigenvalue weighted by Crippen LogP contribution is -2.38. The van der Waals surface area contributed by atoms with Gasteiger partial charge in [0.25, 0.3) is 5.91 Å². The number of amidine groups is 1. The van der Waals surface area contributed by atoms with Gasteiger partial charge in [-0.25, -0.2) is 15.0 Å². The molecule has 150 valence electrons. The molecule has 5 nitrogen and oxygen atoms in total. The lowest BCUT2D eigenvalue weighted by Gasteiger charge is -2.28. The number of carbonyl (C=O) groups is 1. The first-order chi connectivity index (χ1) is 13.7. The number of aryl methyl sites for hydroxylation is 2. The average Bonchev–Trinajstić information content (AvgIpc) is 2.87. The third-order valence-corrected chi connectivity index (χ3v) is 5.90. The van der Waals surface area contributed by atoms with Crippen LogP contribution in [-0.2, 0) is 11.2 Å². The summed E-state index contributed by atoms with van der Waals surface area (Å²) >= 11 is 0. The minimum atomic E-state index is -0.246. The average molecular weight is 389 g/mol. The minimum absolute atomic E-state index is 0.0948. The molecule has 1 fully saturated rings. The van der Waals surface area contributed by atoms with Gasteiger partial charge in [0.2, 0.25) is 0 Å². The van der Waals surface area contributed by atoms with Crippen molar-refractivity contribution in [3.63, 3.8) is 0 Å². The largest absolute Gasteiger partial charge is 0.289 e. The maximum absolute atomic E-state index is 13.3. The molecule has 2 aromatic rings. The number of rotatable bonds is 1. The second kappa shape index (κ2) is 6.92. The van der Waals surface area contributed by atoms with E-state index in [0.29, 0.717) is 11.5 Å². The number of hydrogen-bond donors (Lipinski definition) is 0. The topological polar surface area (TPSA) is 48.3 Å². The van der Waals surface area contributed by atoms with Gasteiger partial charge < -0.3 is 0 Å². The molecule has 0 radical (unpaired) electrons. The van der Waals surface area contributed by atoms with Crippen molar-refractivity contribution >= 4 is 23.1 Å². The van der Waals surface area contributed by atoms with Crippen molar-refractivity contribution in [1.82, 2.24) is 5.01 Å². The molecule has 0 aromatic heterocycles. The lowest BCUT2D eigenvalue weighted by molar-refractivity contribution is -0.113. The Hall–Kier alpha value is -2.79. The van der Waals surface area contributed by atoms with E-state index in [4.69, 9.17) is 9.98 Å². The fourth-order valence-corrected chi connectivity index (χ4v) is 4.07. The summed E-state index contributed by atoms with van der Waals surface area (Å²) in [6.07, 6.45) is 0.872. The van der Waals surface area contributed by atoms with Crippen LogP contribution in [0.15, 0.2) is 52.4 Å². The van der Waals surface area contributed by atoms with Gasteiger partial charge in [-0.05, 0) is 75.9 Å². The molecule has 29 heavy (non-hydrogen) atoms. The highest BCUT2D eigenvalue weighted by Gasteiger charge is 2.40. The second-order valence-corrected chi connectivity index (χ2v) is 8.72. The molecule has 1 atom stereocenters. The summed E-state index contributed by atoms with van der Waals surface area (Å²) in [6, 6.07) is 14.0. The minimum Gasteiger partial charge on any atom is -0.266 e. The number of hydrogen-bond acceptors (Lipinski definition) is 4. The van der Waals surface area contributed by atoms with Crippen LogP contribution in [-0.4, -0.2) is 41.1 Å². The Labute approximate surface area is 172 Å². The van der Waals surface area contributed by atoms with Crippen molar-refractivity contribution < 1.29 is 4.79 Å². The van der Waals surface area contributed by atoms with E-state index < -0.39 is 0 Å². The first-order valence-corrected chi connectivity index (χ1v) is 10.1. The van der Waals surface area contributed by atoms with E-state index in [1.807, 2.05) is 49.3 Å². The van der Waals surface area contributed by atoms with Crippen molar-refractivity contribution in [2.45, 2.75) is 52.6 Å². The number of carbonyl (C=O) groups excluding carboxylic acids is 1. The van der Waals surface area contributed by atoms with Gasteiger partial charge in [0.05, 0.1) is 17.3 Å². The van der Waals surface area contributed by atoms with Crippen LogP contribution in [0.5, 0.6) is 0 Å². The Balaban J connectivity index is 1.80. The van der Waals surface area contributed by atoms with E-state index in [1.54, 1.807) is 5.01 Å². The van der Waals surface area contributed by atoms with E-state index >= 15 is 0 Å². The molecule has 0 bridgehead atoms. The maximum atomic E-state index is 13.3. The van der Waals surface area contributed by atoms with Gasteiger partial charge in [0.1, 0.15) is 5.71 Å². The van der Waals surface area contributed by atoms with E-state index in [0.717, 1.165) is 17.7 Å². The molecule has 0 aliphatic carbocycles. The molecule has 4 rings (SSSR count). The van der Waals surface area contributed by atoms with Gasteiger partial charge >= 0.3 is 0 Å². The molecule has 1 unspecified atom stereocenters. The van der Waals surface area contributed by atoms with Crippen LogP contribution >= 0.6 is 0 Å². The summed E-state index contributed by atoms with van der Waals surface area (Å²) in [5.41, 5.74) is 5.90. The van der Waals surface area contributed by atoms with Crippen LogP contribution in [0, 0.1) is 13.8 Å². The molecule has 2 aliphatic heterocycles. The smallest absolute Gasteiger partial charge is 0.266 e. The standard InChI is InChI=1S/C24H28N4O/c1-15-12-18-14-24(4,5)26-22(20(18)13-16(15)2)25-21-17(3)27(6)28(23(21)29)19-10-8-7-9-11-19/h7-13,17H,14H2,1-6H3. The molecule has 0 N–H and O–H groups in total. The number of anilines is 1. The molecule has 1 saturated heterocycles. The predicted octanol–water partition coefficient (Wildman–Crippen LogP) is 4.11. The molecule has 2 heterocycles. The number of amides is 1.